The molecule has 2 aromatic carbocycles. The number of rotatable bonds is 4. The van der Waals surface area contributed by atoms with E-state index >= 15 is 0 Å². The Kier molecular flexibility index (Phi) is 3.78. The lowest BCUT2D eigenvalue weighted by molar-refractivity contribution is 0.0998. The lowest BCUT2D eigenvalue weighted by Gasteiger charge is -2.08. The van der Waals surface area contributed by atoms with Crippen molar-refractivity contribution >= 4 is 5.91 Å². The van der Waals surface area contributed by atoms with E-state index in [1.807, 2.05) is 36.4 Å². The number of carbonyl (C=O) groups is 1. The second kappa shape index (κ2) is 6.05. The Morgan fingerprint density at radius 3 is 2.27 bits per heavy atom. The molecule has 0 saturated heterocycles. The van der Waals surface area contributed by atoms with E-state index in [9.17, 15) is 4.79 Å². The predicted molar refractivity (Wildman–Crippen MR) is 82.5 cm³/mol. The van der Waals surface area contributed by atoms with Crippen LogP contribution in [-0.2, 0) is 0 Å². The van der Waals surface area contributed by atoms with Crippen molar-refractivity contribution in [1.29, 1.82) is 0 Å². The van der Waals surface area contributed by atoms with Crippen LogP contribution in [0.2, 0.25) is 0 Å². The molecule has 1 amide bonds. The maximum Gasteiger partial charge on any atom is 0.252 e. The number of amides is 1. The second-order valence-corrected chi connectivity index (χ2v) is 4.59. The normalized spacial score (nSPS) is 10.2. The van der Waals surface area contributed by atoms with Crippen LogP contribution in [0.3, 0.4) is 0 Å². The quantitative estimate of drug-likeness (QED) is 0.801. The van der Waals surface area contributed by atoms with E-state index in [0.29, 0.717) is 17.2 Å². The number of nitrogens with zero attached hydrogens (tertiary/aromatic N) is 2. The molecule has 0 radical (unpaired) electrons. The number of ether oxygens (including phenoxy) is 1. The van der Waals surface area contributed by atoms with Crippen molar-refractivity contribution in [2.24, 2.45) is 5.73 Å². The zero-order chi connectivity index (χ0) is 15.4. The highest BCUT2D eigenvalue weighted by Crippen LogP contribution is 2.24. The molecule has 0 unspecified atom stereocenters. The maximum absolute atomic E-state index is 11.4. The molecular weight excluding hydrogens is 278 g/mol. The topological polar surface area (TPSA) is 78.1 Å². The summed E-state index contributed by atoms with van der Waals surface area (Å²) in [6.45, 7) is 0. The lowest BCUT2D eigenvalue weighted by Crippen LogP contribution is -2.12. The van der Waals surface area contributed by atoms with Gasteiger partial charge in [0.1, 0.15) is 5.75 Å². The highest BCUT2D eigenvalue weighted by Gasteiger charge is 2.10. The van der Waals surface area contributed by atoms with Gasteiger partial charge in [-0.15, -0.1) is 10.2 Å². The minimum Gasteiger partial charge on any atom is -0.437 e. The largest absolute Gasteiger partial charge is 0.437 e. The lowest BCUT2D eigenvalue weighted by atomic mass is 10.1. The number of hydrogen-bond donors (Lipinski definition) is 1. The Morgan fingerprint density at radius 2 is 1.59 bits per heavy atom. The van der Waals surface area contributed by atoms with E-state index in [0.717, 1.165) is 11.3 Å². The van der Waals surface area contributed by atoms with Crippen molar-refractivity contribution in [1.82, 2.24) is 10.2 Å². The van der Waals surface area contributed by atoms with E-state index in [4.69, 9.17) is 10.5 Å². The first-order valence-corrected chi connectivity index (χ1v) is 6.70. The fourth-order valence-corrected chi connectivity index (χ4v) is 2.01. The Morgan fingerprint density at radius 1 is 0.864 bits per heavy atom. The van der Waals surface area contributed by atoms with Crippen molar-refractivity contribution in [3.63, 3.8) is 0 Å². The molecule has 0 aliphatic heterocycles. The van der Waals surface area contributed by atoms with Crippen LogP contribution in [0.1, 0.15) is 10.4 Å². The number of para-hydroxylation sites is 1. The number of carbonyl (C=O) groups excluding carboxylic acids is 1. The summed E-state index contributed by atoms with van der Waals surface area (Å²) in [6, 6.07) is 20.0. The minimum absolute atomic E-state index is 0.299. The van der Waals surface area contributed by atoms with E-state index < -0.39 is 5.91 Å². The van der Waals surface area contributed by atoms with Crippen LogP contribution in [0, 0.1) is 0 Å². The summed E-state index contributed by atoms with van der Waals surface area (Å²) in [4.78, 5) is 11.4. The zero-order valence-electron chi connectivity index (χ0n) is 11.6. The van der Waals surface area contributed by atoms with Gasteiger partial charge < -0.3 is 10.5 Å². The molecule has 3 aromatic rings. The van der Waals surface area contributed by atoms with Crippen molar-refractivity contribution in [2.45, 2.75) is 0 Å². The molecule has 0 aliphatic rings. The molecule has 1 heterocycles. The Hall–Kier alpha value is -3.21. The van der Waals surface area contributed by atoms with Crippen molar-refractivity contribution in [2.75, 3.05) is 0 Å². The monoisotopic (exact) mass is 291 g/mol. The molecule has 0 saturated carbocycles. The van der Waals surface area contributed by atoms with Gasteiger partial charge in [0.25, 0.3) is 5.91 Å². The van der Waals surface area contributed by atoms with Crippen molar-refractivity contribution in [3.8, 4) is 22.9 Å². The van der Waals surface area contributed by atoms with Crippen LogP contribution in [-0.4, -0.2) is 16.1 Å². The number of primary amides is 1. The van der Waals surface area contributed by atoms with E-state index in [-0.39, 0.29) is 0 Å². The molecule has 3 rings (SSSR count). The van der Waals surface area contributed by atoms with Gasteiger partial charge in [-0.3, -0.25) is 4.79 Å². The van der Waals surface area contributed by atoms with Gasteiger partial charge in [-0.05, 0) is 18.2 Å². The predicted octanol–water partition coefficient (Wildman–Crippen LogP) is 3.03. The summed E-state index contributed by atoms with van der Waals surface area (Å²) in [7, 11) is 0. The third kappa shape index (κ3) is 2.93. The zero-order valence-corrected chi connectivity index (χ0v) is 11.6. The molecule has 5 heteroatoms. The molecule has 22 heavy (non-hydrogen) atoms. The van der Waals surface area contributed by atoms with Gasteiger partial charge in [0.15, 0.2) is 0 Å². The van der Waals surface area contributed by atoms with Crippen LogP contribution in [0.15, 0.2) is 66.7 Å². The molecule has 0 atom stereocenters. The van der Waals surface area contributed by atoms with E-state index in [1.165, 1.54) is 0 Å². The van der Waals surface area contributed by atoms with Crippen LogP contribution in [0.4, 0.5) is 0 Å². The third-order valence-electron chi connectivity index (χ3n) is 3.08. The Labute approximate surface area is 127 Å². The SMILES string of the molecule is NC(=O)c1ccccc1Oc1ccc(-c2ccccc2)nn1. The molecule has 2 N–H and O–H groups in total. The van der Waals surface area contributed by atoms with Crippen molar-refractivity contribution < 1.29 is 9.53 Å². The van der Waals surface area contributed by atoms with Gasteiger partial charge in [-0.1, -0.05) is 42.5 Å². The highest BCUT2D eigenvalue weighted by molar-refractivity contribution is 5.95. The van der Waals surface area contributed by atoms with Gasteiger partial charge in [-0.25, -0.2) is 0 Å². The third-order valence-corrected chi connectivity index (χ3v) is 3.08. The van der Waals surface area contributed by atoms with Crippen LogP contribution >= 0.6 is 0 Å². The maximum atomic E-state index is 11.4. The molecule has 0 bridgehead atoms. The molecule has 1 aromatic heterocycles. The van der Waals surface area contributed by atoms with Gasteiger partial charge in [-0.2, -0.15) is 0 Å². The average molecular weight is 291 g/mol. The molecular formula is C17H13N3O2. The van der Waals surface area contributed by atoms with Crippen LogP contribution in [0.25, 0.3) is 11.3 Å². The first-order valence-electron chi connectivity index (χ1n) is 6.70. The summed E-state index contributed by atoms with van der Waals surface area (Å²) in [5.41, 5.74) is 7.33. The highest BCUT2D eigenvalue weighted by atomic mass is 16.5. The molecule has 5 nitrogen and oxygen atoms in total. The van der Waals surface area contributed by atoms with E-state index in [2.05, 4.69) is 10.2 Å². The first-order chi connectivity index (χ1) is 10.7. The van der Waals surface area contributed by atoms with Crippen LogP contribution in [0.5, 0.6) is 11.6 Å². The molecule has 0 fully saturated rings. The number of hydrogen-bond acceptors (Lipinski definition) is 4. The van der Waals surface area contributed by atoms with E-state index in [1.54, 1.807) is 30.3 Å². The summed E-state index contributed by atoms with van der Waals surface area (Å²) >= 11 is 0. The van der Waals surface area contributed by atoms with Gasteiger partial charge >= 0.3 is 0 Å². The minimum atomic E-state index is -0.551. The molecule has 0 aliphatic carbocycles. The fourth-order valence-electron chi connectivity index (χ4n) is 2.01. The smallest absolute Gasteiger partial charge is 0.252 e. The number of nitrogens with two attached hydrogens (primary N) is 1. The first kappa shape index (κ1) is 13.8. The Bertz CT molecular complexity index is 787. The standard InChI is InChI=1S/C17H13N3O2/c18-17(21)13-8-4-5-9-15(13)22-16-11-10-14(19-20-16)12-6-2-1-3-7-12/h1-11H,(H2,18,21). The van der Waals surface area contributed by atoms with Crippen molar-refractivity contribution in [3.05, 3.63) is 72.3 Å². The van der Waals surface area contributed by atoms with Gasteiger partial charge in [0.2, 0.25) is 5.88 Å². The average Bonchev–Trinajstić information content (AvgIpc) is 2.57. The summed E-state index contributed by atoms with van der Waals surface area (Å²) in [5, 5.41) is 8.15. The summed E-state index contributed by atoms with van der Waals surface area (Å²) in [6.07, 6.45) is 0. The Balaban J connectivity index is 1.84. The number of benzene rings is 2. The molecule has 0 spiro atoms. The fraction of sp³-hybridized carbons (Fsp3) is 0. The summed E-state index contributed by atoms with van der Waals surface area (Å²) < 4.78 is 5.59. The van der Waals surface area contributed by atoms with Gasteiger partial charge in [0, 0.05) is 11.6 Å². The molecule has 108 valence electrons. The van der Waals surface area contributed by atoms with Gasteiger partial charge in [0.05, 0.1) is 11.3 Å². The second-order valence-electron chi connectivity index (χ2n) is 4.59. The summed E-state index contributed by atoms with van der Waals surface area (Å²) in [5.74, 6) is 0.106. The number of aromatic nitrogens is 2. The van der Waals surface area contributed by atoms with Crippen LogP contribution < -0.4 is 10.5 Å².